The van der Waals surface area contributed by atoms with Crippen LogP contribution in [-0.2, 0) is 33.5 Å². The van der Waals surface area contributed by atoms with Crippen LogP contribution in [0.5, 0.6) is 0 Å². The van der Waals surface area contributed by atoms with Crippen molar-refractivity contribution in [3.05, 3.63) is 24.3 Å². The minimum absolute atomic E-state index is 0.0307. The summed E-state index contributed by atoms with van der Waals surface area (Å²) >= 11 is 0. The predicted octanol–water partition coefficient (Wildman–Crippen LogP) is -1.42. The minimum Gasteiger partial charge on any atom is -0.481 e. The Balaban J connectivity index is 0.000000678. The van der Waals surface area contributed by atoms with Gasteiger partial charge in [-0.3, -0.25) is 55.2 Å². The third-order valence-electron chi connectivity index (χ3n) is 4.30. The summed E-state index contributed by atoms with van der Waals surface area (Å²) in [5.74, 6) is 1.82. The summed E-state index contributed by atoms with van der Waals surface area (Å²) < 4.78 is 4.93. The molecule has 0 aromatic carbocycles. The molecule has 0 saturated heterocycles. The number of rotatable bonds is 9. The number of carboxylic acid groups (broad SMARTS) is 1. The smallest absolute Gasteiger partial charge is 0.426 e. The molecule has 39 heavy (non-hydrogen) atoms. The molecule has 2 rings (SSSR count). The normalized spacial score (nSPS) is 13.9. The van der Waals surface area contributed by atoms with Crippen molar-refractivity contribution >= 4 is 48.6 Å². The van der Waals surface area contributed by atoms with E-state index in [-0.39, 0.29) is 49.6 Å². The summed E-state index contributed by atoms with van der Waals surface area (Å²) in [6.45, 7) is 6.98. The zero-order valence-corrected chi connectivity index (χ0v) is 22.3. The number of carboxylic acids is 1. The first kappa shape index (κ1) is 34.9. The molecule has 7 N–H and O–H groups in total. The Labute approximate surface area is 225 Å². The molecule has 2 heterocycles. The van der Waals surface area contributed by atoms with Gasteiger partial charge in [-0.2, -0.15) is 0 Å². The van der Waals surface area contributed by atoms with E-state index >= 15 is 0 Å². The van der Waals surface area contributed by atoms with Gasteiger partial charge in [0.2, 0.25) is 5.91 Å². The van der Waals surface area contributed by atoms with E-state index < -0.39 is 30.6 Å². The second kappa shape index (κ2) is 17.4. The first-order valence-electron chi connectivity index (χ1n) is 11.8. The Morgan fingerprint density at radius 3 is 1.59 bits per heavy atom. The van der Waals surface area contributed by atoms with E-state index in [0.717, 1.165) is 9.80 Å². The molecule has 0 radical (unpaired) electrons. The number of hydrogen-bond acceptors (Lipinski definition) is 11. The molecule has 6 amide bonds. The summed E-state index contributed by atoms with van der Waals surface area (Å²) in [5, 5.41) is 18.5. The highest BCUT2D eigenvalue weighted by molar-refractivity contribution is 6.45. The van der Waals surface area contributed by atoms with Crippen molar-refractivity contribution in [2.24, 2.45) is 5.84 Å². The van der Waals surface area contributed by atoms with Crippen LogP contribution in [0, 0.1) is 0 Å². The van der Waals surface area contributed by atoms with E-state index in [4.69, 9.17) is 14.9 Å². The predicted molar refractivity (Wildman–Crippen MR) is 136 cm³/mol. The van der Waals surface area contributed by atoms with Crippen molar-refractivity contribution in [3.63, 3.8) is 0 Å². The van der Waals surface area contributed by atoms with Crippen LogP contribution in [0.25, 0.3) is 0 Å². The molecule has 0 unspecified atom stereocenters. The number of carbonyl (C=O) groups excluding carboxylic acids is 6. The Kier molecular flexibility index (Phi) is 15.6. The molecule has 0 bridgehead atoms. The van der Waals surface area contributed by atoms with Crippen molar-refractivity contribution < 1.29 is 48.4 Å². The highest BCUT2D eigenvalue weighted by Crippen LogP contribution is 2.07. The summed E-state index contributed by atoms with van der Waals surface area (Å²) in [4.78, 5) is 79.3. The monoisotopic (exact) mass is 554 g/mol. The Hall–Kier alpha value is -4.09. The SMILES string of the molecule is CB(O)NN.CC(C)(C)OC(=O)NNC(=O)CCCN1C(=O)C=CC1=O.O=C(O)CCCN1C(=O)C=CC1=O. The fourth-order valence-electron chi connectivity index (χ4n) is 2.58. The number of amides is 6. The van der Waals surface area contributed by atoms with E-state index in [1.165, 1.54) is 24.3 Å². The van der Waals surface area contributed by atoms with Crippen LogP contribution in [0.2, 0.25) is 6.82 Å². The topological polar surface area (TPSA) is 238 Å². The van der Waals surface area contributed by atoms with Crippen molar-refractivity contribution in [1.82, 2.24) is 26.0 Å². The van der Waals surface area contributed by atoms with Gasteiger partial charge in [0.05, 0.1) is 0 Å². The number of nitrogens with two attached hydrogens (primary N) is 1. The maximum absolute atomic E-state index is 11.5. The highest BCUT2D eigenvalue weighted by atomic mass is 16.6. The molecule has 2 aliphatic heterocycles. The molecular formula is C22H35BN6O10. The number of hydrazine groups is 2. The van der Waals surface area contributed by atoms with E-state index in [0.29, 0.717) is 12.8 Å². The number of hydrogen-bond donors (Lipinski definition) is 6. The third kappa shape index (κ3) is 16.4. The van der Waals surface area contributed by atoms with Gasteiger partial charge in [0.25, 0.3) is 23.6 Å². The molecule has 0 atom stereocenters. The maximum atomic E-state index is 11.5. The molecule has 216 valence electrons. The molecule has 0 aromatic heterocycles. The second-order valence-electron chi connectivity index (χ2n) is 8.94. The van der Waals surface area contributed by atoms with Gasteiger partial charge in [-0.1, -0.05) is 0 Å². The summed E-state index contributed by atoms with van der Waals surface area (Å²) in [6, 6.07) is 0. The summed E-state index contributed by atoms with van der Waals surface area (Å²) in [6.07, 6.45) is 4.62. The zero-order chi connectivity index (χ0) is 30.2. The maximum Gasteiger partial charge on any atom is 0.426 e. The fraction of sp³-hybridized carbons (Fsp3) is 0.500. The number of nitrogens with zero attached hydrogens (tertiary/aromatic N) is 2. The summed E-state index contributed by atoms with van der Waals surface area (Å²) in [7, 11) is -0.588. The molecule has 0 saturated carbocycles. The Morgan fingerprint density at radius 1 is 0.872 bits per heavy atom. The fourth-order valence-corrected chi connectivity index (χ4v) is 2.58. The van der Waals surface area contributed by atoms with Crippen molar-refractivity contribution in [2.45, 2.75) is 58.9 Å². The Bertz CT molecular complexity index is 941. The van der Waals surface area contributed by atoms with Crippen LogP contribution >= 0.6 is 0 Å². The van der Waals surface area contributed by atoms with Crippen LogP contribution in [0.15, 0.2) is 24.3 Å². The number of ether oxygens (including phenoxy) is 1. The van der Waals surface area contributed by atoms with Gasteiger partial charge in [-0.05, 0) is 40.4 Å². The number of aliphatic carboxylic acids is 1. The lowest BCUT2D eigenvalue weighted by molar-refractivity contribution is -0.140. The lowest BCUT2D eigenvalue weighted by atomic mass is 9.91. The standard InChI is InChI=1S/C13H19N3O5.C8H9NO4.CH7BN2O/c1-13(2,3)21-12(20)15-14-9(17)5-4-8-16-10(18)6-7-11(16)19;10-6-3-4-7(11)9(6)5-1-2-8(12)13;1-2(5)4-3/h6-7H,4-5,8H2,1-3H3,(H,14,17)(H,15,20);3-4H,1-2,5H2,(H,12,13);4-5H,3H2,1H3. The van der Waals surface area contributed by atoms with Gasteiger partial charge in [0.1, 0.15) is 5.60 Å². The average molecular weight is 554 g/mol. The largest absolute Gasteiger partial charge is 0.481 e. The number of carbonyl (C=O) groups is 7. The van der Waals surface area contributed by atoms with Crippen LogP contribution in [0.1, 0.15) is 46.5 Å². The molecule has 0 aromatic rings. The van der Waals surface area contributed by atoms with Crippen molar-refractivity contribution in [2.75, 3.05) is 13.1 Å². The van der Waals surface area contributed by atoms with Gasteiger partial charge >= 0.3 is 19.1 Å². The molecular weight excluding hydrogens is 519 g/mol. The molecule has 2 aliphatic rings. The second-order valence-corrected chi connectivity index (χ2v) is 8.94. The van der Waals surface area contributed by atoms with Gasteiger partial charge in [-0.15, -0.1) is 0 Å². The third-order valence-corrected chi connectivity index (χ3v) is 4.30. The van der Waals surface area contributed by atoms with Gasteiger partial charge in [0.15, 0.2) is 0 Å². The molecule has 17 heteroatoms. The summed E-state index contributed by atoms with van der Waals surface area (Å²) in [5.41, 5.74) is 3.65. The molecule has 0 spiro atoms. The van der Waals surface area contributed by atoms with E-state index in [1.54, 1.807) is 27.6 Å². The average Bonchev–Trinajstić information content (AvgIpc) is 3.32. The molecule has 16 nitrogen and oxygen atoms in total. The molecule has 0 aliphatic carbocycles. The van der Waals surface area contributed by atoms with Crippen molar-refractivity contribution in [3.8, 4) is 0 Å². The first-order chi connectivity index (χ1) is 18.1. The first-order valence-corrected chi connectivity index (χ1v) is 11.8. The van der Waals surface area contributed by atoms with Gasteiger partial charge in [-0.25, -0.2) is 10.2 Å². The van der Waals surface area contributed by atoms with Crippen molar-refractivity contribution in [1.29, 1.82) is 0 Å². The quantitative estimate of drug-likeness (QED) is 0.0834. The van der Waals surface area contributed by atoms with E-state index in [1.807, 2.05) is 0 Å². The molecule has 0 fully saturated rings. The zero-order valence-electron chi connectivity index (χ0n) is 22.3. The van der Waals surface area contributed by atoms with Crippen LogP contribution < -0.4 is 22.0 Å². The lowest BCUT2D eigenvalue weighted by Crippen LogP contribution is -2.44. The highest BCUT2D eigenvalue weighted by Gasteiger charge is 2.23. The van der Waals surface area contributed by atoms with Gasteiger partial charge in [0, 0.05) is 50.2 Å². The van der Waals surface area contributed by atoms with E-state index in [9.17, 15) is 33.6 Å². The van der Waals surface area contributed by atoms with Crippen LogP contribution in [0.3, 0.4) is 0 Å². The minimum atomic E-state index is -0.924. The van der Waals surface area contributed by atoms with Crippen LogP contribution in [0.4, 0.5) is 4.79 Å². The van der Waals surface area contributed by atoms with Crippen LogP contribution in [-0.4, -0.2) is 87.3 Å². The number of imide groups is 2. The Morgan fingerprint density at radius 2 is 1.26 bits per heavy atom. The van der Waals surface area contributed by atoms with Gasteiger partial charge < -0.3 is 14.9 Å². The van der Waals surface area contributed by atoms with E-state index in [2.05, 4.69) is 22.0 Å². The number of nitrogens with one attached hydrogen (secondary N) is 3. The lowest BCUT2D eigenvalue weighted by Gasteiger charge is -2.19.